The van der Waals surface area contributed by atoms with Gasteiger partial charge in [-0.1, -0.05) is 18.2 Å². The predicted octanol–water partition coefficient (Wildman–Crippen LogP) is 1.98. The highest BCUT2D eigenvalue weighted by Gasteiger charge is 2.12. The van der Waals surface area contributed by atoms with Crippen LogP contribution >= 0.6 is 0 Å². The lowest BCUT2D eigenvalue weighted by atomic mass is 10.1. The van der Waals surface area contributed by atoms with Crippen molar-refractivity contribution in [1.82, 2.24) is 0 Å². The van der Waals surface area contributed by atoms with Gasteiger partial charge in [0.15, 0.2) is 0 Å². The summed E-state index contributed by atoms with van der Waals surface area (Å²) in [5.74, 6) is -1.93. The van der Waals surface area contributed by atoms with Crippen molar-refractivity contribution in [2.45, 2.75) is 6.42 Å². The van der Waals surface area contributed by atoms with Crippen LogP contribution in [-0.4, -0.2) is 27.2 Å². The van der Waals surface area contributed by atoms with Crippen LogP contribution in [0.15, 0.2) is 42.5 Å². The fourth-order valence-electron chi connectivity index (χ4n) is 1.80. The molecule has 0 heterocycles. The number of carbonyl (C=O) groups excluding carboxylic acids is 1. The molecule has 0 aromatic heterocycles. The maximum Gasteiger partial charge on any atom is 0.335 e. The van der Waals surface area contributed by atoms with Crippen LogP contribution in [0.2, 0.25) is 0 Å². The Morgan fingerprint density at radius 1 is 1.00 bits per heavy atom. The molecular formula is C15H13NO5. The smallest absolute Gasteiger partial charge is 0.335 e. The molecule has 2 rings (SSSR count). The summed E-state index contributed by atoms with van der Waals surface area (Å²) in [6.07, 6.45) is -0.0627. The lowest BCUT2D eigenvalue weighted by molar-refractivity contribution is -0.115. The number of aromatic carboxylic acids is 1. The molecule has 0 spiro atoms. The molecule has 4 N–H and O–H groups in total. The standard InChI is InChI=1S/C15H13NO5/c17-12-4-2-1-3-9(12)8-14(19)16-11-6-5-10(15(20)21)7-13(11)18/h1-7,17-18H,8H2,(H,16,19)(H,20,21). The molecule has 0 atom stereocenters. The minimum Gasteiger partial charge on any atom is -0.508 e. The number of hydrogen-bond acceptors (Lipinski definition) is 4. The Kier molecular flexibility index (Phi) is 4.08. The number of phenolic OH excluding ortho intramolecular Hbond substituents is 2. The van der Waals surface area contributed by atoms with E-state index in [1.807, 2.05) is 0 Å². The zero-order valence-electron chi connectivity index (χ0n) is 10.9. The highest BCUT2D eigenvalue weighted by Crippen LogP contribution is 2.25. The van der Waals surface area contributed by atoms with Crippen LogP contribution in [0.3, 0.4) is 0 Å². The summed E-state index contributed by atoms with van der Waals surface area (Å²) in [5, 5.41) is 30.5. The molecule has 0 bridgehead atoms. The second-order valence-electron chi connectivity index (χ2n) is 4.39. The van der Waals surface area contributed by atoms with Gasteiger partial charge in [-0.2, -0.15) is 0 Å². The first-order chi connectivity index (χ1) is 9.97. The SMILES string of the molecule is O=C(Cc1ccccc1O)Nc1ccc(C(=O)O)cc1O. The van der Waals surface area contributed by atoms with E-state index in [-0.39, 0.29) is 29.2 Å². The van der Waals surface area contributed by atoms with E-state index in [1.54, 1.807) is 18.2 Å². The van der Waals surface area contributed by atoms with Gasteiger partial charge in [-0.05, 0) is 24.3 Å². The van der Waals surface area contributed by atoms with Gasteiger partial charge in [-0.15, -0.1) is 0 Å². The van der Waals surface area contributed by atoms with E-state index in [1.165, 1.54) is 18.2 Å². The first kappa shape index (κ1) is 14.4. The number of carbonyl (C=O) groups is 2. The molecule has 0 aliphatic carbocycles. The average Bonchev–Trinajstić information content (AvgIpc) is 2.43. The predicted molar refractivity (Wildman–Crippen MR) is 75.5 cm³/mol. The molecule has 2 aromatic rings. The second kappa shape index (κ2) is 5.96. The molecule has 108 valence electrons. The van der Waals surface area contributed by atoms with E-state index in [2.05, 4.69) is 5.32 Å². The van der Waals surface area contributed by atoms with Crippen molar-refractivity contribution >= 4 is 17.6 Å². The van der Waals surface area contributed by atoms with Crippen LogP contribution in [0.1, 0.15) is 15.9 Å². The number of phenols is 2. The third kappa shape index (κ3) is 3.50. The average molecular weight is 287 g/mol. The minimum atomic E-state index is -1.17. The van der Waals surface area contributed by atoms with Gasteiger partial charge in [-0.3, -0.25) is 4.79 Å². The first-order valence-corrected chi connectivity index (χ1v) is 6.10. The lowest BCUT2D eigenvalue weighted by Crippen LogP contribution is -2.14. The normalized spacial score (nSPS) is 10.1. The van der Waals surface area contributed by atoms with Crippen molar-refractivity contribution < 1.29 is 24.9 Å². The van der Waals surface area contributed by atoms with E-state index >= 15 is 0 Å². The van der Waals surface area contributed by atoms with Crippen LogP contribution in [0.4, 0.5) is 5.69 Å². The summed E-state index contributed by atoms with van der Waals surface area (Å²) in [4.78, 5) is 22.6. The molecule has 0 fully saturated rings. The minimum absolute atomic E-state index is 0.0121. The molecule has 6 heteroatoms. The highest BCUT2D eigenvalue weighted by atomic mass is 16.4. The van der Waals surface area contributed by atoms with Gasteiger partial charge >= 0.3 is 5.97 Å². The van der Waals surface area contributed by atoms with Gasteiger partial charge in [-0.25, -0.2) is 4.79 Å². The molecule has 2 aromatic carbocycles. The van der Waals surface area contributed by atoms with Crippen LogP contribution < -0.4 is 5.32 Å². The fourth-order valence-corrected chi connectivity index (χ4v) is 1.80. The molecule has 0 saturated heterocycles. The summed E-state index contributed by atoms with van der Waals surface area (Å²) < 4.78 is 0. The Hall–Kier alpha value is -3.02. The van der Waals surface area contributed by atoms with E-state index in [0.717, 1.165) is 6.07 Å². The molecule has 0 unspecified atom stereocenters. The summed E-state index contributed by atoms with van der Waals surface area (Å²) >= 11 is 0. The van der Waals surface area contributed by atoms with Crippen molar-refractivity contribution in [2.75, 3.05) is 5.32 Å². The Balaban J connectivity index is 2.10. The van der Waals surface area contributed by atoms with Crippen molar-refractivity contribution in [1.29, 1.82) is 0 Å². The number of para-hydroxylation sites is 1. The number of carboxylic acids is 1. The largest absolute Gasteiger partial charge is 0.508 e. The number of hydrogen-bond donors (Lipinski definition) is 4. The van der Waals surface area contributed by atoms with Gasteiger partial charge in [0.1, 0.15) is 11.5 Å². The number of amides is 1. The van der Waals surface area contributed by atoms with Gasteiger partial charge in [0.2, 0.25) is 5.91 Å². The highest BCUT2D eigenvalue weighted by molar-refractivity contribution is 5.95. The van der Waals surface area contributed by atoms with Crippen molar-refractivity contribution in [2.24, 2.45) is 0 Å². The number of nitrogens with one attached hydrogen (secondary N) is 1. The summed E-state index contributed by atoms with van der Waals surface area (Å²) in [7, 11) is 0. The molecular weight excluding hydrogens is 274 g/mol. The Labute approximate surface area is 120 Å². The van der Waals surface area contributed by atoms with Crippen molar-refractivity contribution in [3.63, 3.8) is 0 Å². The van der Waals surface area contributed by atoms with E-state index in [4.69, 9.17) is 5.11 Å². The third-order valence-electron chi connectivity index (χ3n) is 2.86. The molecule has 6 nitrogen and oxygen atoms in total. The number of anilines is 1. The molecule has 1 amide bonds. The monoisotopic (exact) mass is 287 g/mol. The maximum atomic E-state index is 11.9. The molecule has 0 saturated carbocycles. The topological polar surface area (TPSA) is 107 Å². The molecule has 21 heavy (non-hydrogen) atoms. The summed E-state index contributed by atoms with van der Waals surface area (Å²) in [6, 6.07) is 10.1. The van der Waals surface area contributed by atoms with Gasteiger partial charge in [0.25, 0.3) is 0 Å². The lowest BCUT2D eigenvalue weighted by Gasteiger charge is -2.08. The Morgan fingerprint density at radius 2 is 1.71 bits per heavy atom. The van der Waals surface area contributed by atoms with E-state index < -0.39 is 11.9 Å². The van der Waals surface area contributed by atoms with Crippen LogP contribution in [-0.2, 0) is 11.2 Å². The van der Waals surface area contributed by atoms with Crippen LogP contribution in [0.5, 0.6) is 11.5 Å². The molecule has 0 aliphatic rings. The van der Waals surface area contributed by atoms with E-state index in [9.17, 15) is 19.8 Å². The maximum absolute atomic E-state index is 11.9. The number of rotatable bonds is 4. The number of benzene rings is 2. The number of aromatic hydroxyl groups is 2. The summed E-state index contributed by atoms with van der Waals surface area (Å²) in [5.41, 5.74) is 0.489. The van der Waals surface area contributed by atoms with Gasteiger partial charge < -0.3 is 20.6 Å². The van der Waals surface area contributed by atoms with Crippen LogP contribution in [0, 0.1) is 0 Å². The van der Waals surface area contributed by atoms with Gasteiger partial charge in [0, 0.05) is 5.56 Å². The van der Waals surface area contributed by atoms with Gasteiger partial charge in [0.05, 0.1) is 17.7 Å². The van der Waals surface area contributed by atoms with Crippen LogP contribution in [0.25, 0.3) is 0 Å². The third-order valence-corrected chi connectivity index (χ3v) is 2.86. The quantitative estimate of drug-likeness (QED) is 0.643. The molecule has 0 radical (unpaired) electrons. The fraction of sp³-hybridized carbons (Fsp3) is 0.0667. The van der Waals surface area contributed by atoms with E-state index in [0.29, 0.717) is 5.56 Å². The summed E-state index contributed by atoms with van der Waals surface area (Å²) in [6.45, 7) is 0. The Bertz CT molecular complexity index is 696. The zero-order chi connectivity index (χ0) is 15.4. The second-order valence-corrected chi connectivity index (χ2v) is 4.39. The molecule has 0 aliphatic heterocycles. The van der Waals surface area contributed by atoms with Crippen molar-refractivity contribution in [3.05, 3.63) is 53.6 Å². The number of carboxylic acid groups (broad SMARTS) is 1. The van der Waals surface area contributed by atoms with Crippen molar-refractivity contribution in [3.8, 4) is 11.5 Å². The first-order valence-electron chi connectivity index (χ1n) is 6.10. The Morgan fingerprint density at radius 3 is 2.33 bits per heavy atom. The zero-order valence-corrected chi connectivity index (χ0v) is 10.9.